The molecule has 122 valence electrons. The Kier molecular flexibility index (Phi) is 3.60. The van der Waals surface area contributed by atoms with Crippen molar-refractivity contribution in [1.29, 1.82) is 0 Å². The normalized spacial score (nSPS) is 27.1. The zero-order chi connectivity index (χ0) is 15.9. The predicted octanol–water partition coefficient (Wildman–Crippen LogP) is 2.27. The predicted molar refractivity (Wildman–Crippen MR) is 89.9 cm³/mol. The SMILES string of the molecule is Cc1ccc2nc(CNC(=O)[C@@]34CCCC[C@H]3CNC4)[nH]c2c1. The highest BCUT2D eigenvalue weighted by Crippen LogP contribution is 2.43. The van der Waals surface area contributed by atoms with Crippen LogP contribution in [-0.2, 0) is 11.3 Å². The molecule has 0 spiro atoms. The van der Waals surface area contributed by atoms with Gasteiger partial charge in [-0.3, -0.25) is 4.79 Å². The number of aromatic nitrogens is 2. The average Bonchev–Trinajstić information content (AvgIpc) is 3.16. The average molecular weight is 312 g/mol. The molecular weight excluding hydrogens is 288 g/mol. The summed E-state index contributed by atoms with van der Waals surface area (Å²) in [5, 5.41) is 6.56. The van der Waals surface area contributed by atoms with Crippen LogP contribution in [0.15, 0.2) is 18.2 Å². The van der Waals surface area contributed by atoms with Gasteiger partial charge >= 0.3 is 0 Å². The molecule has 1 amide bonds. The molecule has 2 heterocycles. The van der Waals surface area contributed by atoms with Crippen LogP contribution >= 0.6 is 0 Å². The number of benzene rings is 1. The van der Waals surface area contributed by atoms with Crippen LogP contribution in [0.3, 0.4) is 0 Å². The number of aromatic amines is 1. The molecule has 4 rings (SSSR count). The van der Waals surface area contributed by atoms with Crippen molar-refractivity contribution in [3.8, 4) is 0 Å². The van der Waals surface area contributed by atoms with Gasteiger partial charge in [-0.2, -0.15) is 0 Å². The zero-order valence-corrected chi connectivity index (χ0v) is 13.6. The van der Waals surface area contributed by atoms with Crippen LogP contribution in [0.2, 0.25) is 0 Å². The number of nitrogens with zero attached hydrogens (tertiary/aromatic N) is 1. The molecule has 1 saturated heterocycles. The van der Waals surface area contributed by atoms with Gasteiger partial charge in [0.05, 0.1) is 23.0 Å². The van der Waals surface area contributed by atoms with Gasteiger partial charge in [-0.1, -0.05) is 18.9 Å². The lowest BCUT2D eigenvalue weighted by Crippen LogP contribution is -2.47. The van der Waals surface area contributed by atoms with Crippen molar-refractivity contribution >= 4 is 16.9 Å². The van der Waals surface area contributed by atoms with E-state index in [9.17, 15) is 4.79 Å². The van der Waals surface area contributed by atoms with Crippen LogP contribution in [0.25, 0.3) is 11.0 Å². The van der Waals surface area contributed by atoms with Gasteiger partial charge in [-0.05, 0) is 49.9 Å². The Labute approximate surface area is 136 Å². The highest BCUT2D eigenvalue weighted by molar-refractivity contribution is 5.84. The molecule has 23 heavy (non-hydrogen) atoms. The standard InChI is InChI=1S/C18H24N4O/c1-12-5-6-14-15(8-12)22-16(21-14)10-20-17(23)18-7-3-2-4-13(18)9-19-11-18/h5-6,8,13,19H,2-4,7,9-11H2,1H3,(H,20,23)(H,21,22)/t13-,18+/m0/s1. The zero-order valence-electron chi connectivity index (χ0n) is 13.6. The Morgan fingerprint density at radius 2 is 2.35 bits per heavy atom. The van der Waals surface area contributed by atoms with Crippen LogP contribution in [-0.4, -0.2) is 29.0 Å². The lowest BCUT2D eigenvalue weighted by atomic mass is 9.67. The number of hydrogen-bond donors (Lipinski definition) is 3. The van der Waals surface area contributed by atoms with E-state index in [4.69, 9.17) is 0 Å². The summed E-state index contributed by atoms with van der Waals surface area (Å²) in [6, 6.07) is 6.16. The molecule has 1 saturated carbocycles. The number of imidazole rings is 1. The maximum absolute atomic E-state index is 12.9. The van der Waals surface area contributed by atoms with Crippen LogP contribution in [0, 0.1) is 18.3 Å². The summed E-state index contributed by atoms with van der Waals surface area (Å²) in [7, 11) is 0. The Morgan fingerprint density at radius 3 is 3.26 bits per heavy atom. The minimum Gasteiger partial charge on any atom is -0.348 e. The van der Waals surface area contributed by atoms with E-state index in [0.717, 1.165) is 42.8 Å². The highest BCUT2D eigenvalue weighted by atomic mass is 16.2. The number of rotatable bonds is 3. The second-order valence-electron chi connectivity index (χ2n) is 7.12. The van der Waals surface area contributed by atoms with E-state index in [1.165, 1.54) is 18.4 Å². The van der Waals surface area contributed by atoms with Gasteiger partial charge in [0.15, 0.2) is 0 Å². The molecule has 1 aromatic carbocycles. The molecule has 2 aliphatic rings. The number of carbonyl (C=O) groups is 1. The van der Waals surface area contributed by atoms with Crippen molar-refractivity contribution in [3.05, 3.63) is 29.6 Å². The van der Waals surface area contributed by atoms with Gasteiger partial charge in [0.2, 0.25) is 5.91 Å². The molecule has 5 nitrogen and oxygen atoms in total. The van der Waals surface area contributed by atoms with Crippen molar-refractivity contribution < 1.29 is 4.79 Å². The van der Waals surface area contributed by atoms with Gasteiger partial charge < -0.3 is 15.6 Å². The largest absolute Gasteiger partial charge is 0.348 e. The molecule has 0 unspecified atom stereocenters. The number of fused-ring (bicyclic) bond motifs is 2. The summed E-state index contributed by atoms with van der Waals surface area (Å²) in [6.07, 6.45) is 4.60. The fourth-order valence-electron chi connectivity index (χ4n) is 4.29. The third-order valence-electron chi connectivity index (χ3n) is 5.59. The van der Waals surface area contributed by atoms with Crippen LogP contribution < -0.4 is 10.6 Å². The maximum atomic E-state index is 12.9. The van der Waals surface area contributed by atoms with Crippen LogP contribution in [0.4, 0.5) is 0 Å². The Hall–Kier alpha value is -1.88. The minimum absolute atomic E-state index is 0.194. The molecule has 2 aromatic rings. The van der Waals surface area contributed by atoms with E-state index < -0.39 is 0 Å². The van der Waals surface area contributed by atoms with E-state index in [0.29, 0.717) is 12.5 Å². The molecule has 2 fully saturated rings. The van der Waals surface area contributed by atoms with Gasteiger partial charge in [0.1, 0.15) is 5.82 Å². The van der Waals surface area contributed by atoms with Gasteiger partial charge in [0, 0.05) is 6.54 Å². The van der Waals surface area contributed by atoms with Crippen molar-refractivity contribution in [2.45, 2.75) is 39.2 Å². The molecule has 5 heteroatoms. The third kappa shape index (κ3) is 2.53. The Balaban J connectivity index is 1.48. The summed E-state index contributed by atoms with van der Waals surface area (Å²) < 4.78 is 0. The first-order chi connectivity index (χ1) is 11.2. The highest BCUT2D eigenvalue weighted by Gasteiger charge is 2.49. The molecule has 0 radical (unpaired) electrons. The van der Waals surface area contributed by atoms with Crippen molar-refractivity contribution in [2.75, 3.05) is 13.1 Å². The quantitative estimate of drug-likeness (QED) is 0.814. The van der Waals surface area contributed by atoms with E-state index in [-0.39, 0.29) is 11.3 Å². The summed E-state index contributed by atoms with van der Waals surface area (Å²) in [6.45, 7) is 4.35. The van der Waals surface area contributed by atoms with Crippen LogP contribution in [0.5, 0.6) is 0 Å². The third-order valence-corrected chi connectivity index (χ3v) is 5.59. The summed E-state index contributed by atoms with van der Waals surface area (Å²) >= 11 is 0. The summed E-state index contributed by atoms with van der Waals surface area (Å²) in [4.78, 5) is 20.7. The minimum atomic E-state index is -0.194. The molecule has 1 aliphatic carbocycles. The fraction of sp³-hybridized carbons (Fsp3) is 0.556. The van der Waals surface area contributed by atoms with Crippen molar-refractivity contribution in [2.24, 2.45) is 11.3 Å². The molecule has 3 N–H and O–H groups in total. The first-order valence-corrected chi connectivity index (χ1v) is 8.62. The number of hydrogen-bond acceptors (Lipinski definition) is 3. The molecule has 0 bridgehead atoms. The second kappa shape index (κ2) is 5.64. The van der Waals surface area contributed by atoms with Gasteiger partial charge in [-0.15, -0.1) is 0 Å². The topological polar surface area (TPSA) is 69.8 Å². The smallest absolute Gasteiger partial charge is 0.228 e. The molecule has 1 aromatic heterocycles. The van der Waals surface area contributed by atoms with Gasteiger partial charge in [-0.25, -0.2) is 4.98 Å². The first-order valence-electron chi connectivity index (χ1n) is 8.62. The Morgan fingerprint density at radius 1 is 1.43 bits per heavy atom. The maximum Gasteiger partial charge on any atom is 0.228 e. The number of H-pyrrole nitrogens is 1. The Bertz CT molecular complexity index is 738. The summed E-state index contributed by atoms with van der Waals surface area (Å²) in [5.74, 6) is 1.52. The lowest BCUT2D eigenvalue weighted by Gasteiger charge is -2.37. The number of nitrogens with one attached hydrogen (secondary N) is 3. The molecular formula is C18H24N4O. The van der Waals surface area contributed by atoms with Crippen molar-refractivity contribution in [1.82, 2.24) is 20.6 Å². The van der Waals surface area contributed by atoms with E-state index in [1.54, 1.807) is 0 Å². The molecule has 2 atom stereocenters. The van der Waals surface area contributed by atoms with Gasteiger partial charge in [0.25, 0.3) is 0 Å². The first kappa shape index (κ1) is 14.7. The fourth-order valence-corrected chi connectivity index (χ4v) is 4.29. The second-order valence-corrected chi connectivity index (χ2v) is 7.12. The number of amides is 1. The monoisotopic (exact) mass is 312 g/mol. The van der Waals surface area contributed by atoms with Crippen LogP contribution in [0.1, 0.15) is 37.1 Å². The lowest BCUT2D eigenvalue weighted by molar-refractivity contribution is -0.134. The molecule has 1 aliphatic heterocycles. The summed E-state index contributed by atoms with van der Waals surface area (Å²) in [5.41, 5.74) is 3.00. The van der Waals surface area contributed by atoms with E-state index in [1.807, 2.05) is 6.07 Å². The van der Waals surface area contributed by atoms with E-state index >= 15 is 0 Å². The van der Waals surface area contributed by atoms with E-state index in [2.05, 4.69) is 39.7 Å². The number of carbonyl (C=O) groups excluding carboxylic acids is 1. The van der Waals surface area contributed by atoms with Crippen molar-refractivity contribution in [3.63, 3.8) is 0 Å². The number of aryl methyl sites for hydroxylation is 1.